The number of fused-ring (bicyclic) bond motifs is 1. The second-order valence-corrected chi connectivity index (χ2v) is 6.24. The molecular formula is C17H27ClN2O3. The number of piperidine rings is 1. The maximum Gasteiger partial charge on any atom is 0.203 e. The molecule has 1 aromatic carbocycles. The van der Waals surface area contributed by atoms with E-state index < -0.39 is 0 Å². The minimum Gasteiger partial charge on any atom is -0.493 e. The highest BCUT2D eigenvalue weighted by Gasteiger charge is 2.32. The molecule has 2 heterocycles. The highest BCUT2D eigenvalue weighted by Crippen LogP contribution is 2.38. The monoisotopic (exact) mass is 342 g/mol. The Morgan fingerprint density at radius 1 is 1.04 bits per heavy atom. The Bertz CT molecular complexity index is 502. The van der Waals surface area contributed by atoms with E-state index in [1.807, 2.05) is 0 Å². The van der Waals surface area contributed by atoms with Crippen LogP contribution in [0.15, 0.2) is 12.1 Å². The summed E-state index contributed by atoms with van der Waals surface area (Å²) in [5.41, 5.74) is 1.21. The van der Waals surface area contributed by atoms with E-state index in [4.69, 9.17) is 14.2 Å². The summed E-state index contributed by atoms with van der Waals surface area (Å²) >= 11 is 0. The molecule has 2 aliphatic rings. The number of rotatable bonds is 5. The minimum absolute atomic E-state index is 0. The third-order valence-electron chi connectivity index (χ3n) is 4.92. The molecule has 0 saturated carbocycles. The lowest BCUT2D eigenvalue weighted by Crippen LogP contribution is -2.39. The van der Waals surface area contributed by atoms with E-state index in [2.05, 4.69) is 22.3 Å². The van der Waals surface area contributed by atoms with Crippen molar-refractivity contribution in [1.29, 1.82) is 0 Å². The van der Waals surface area contributed by atoms with Gasteiger partial charge in [-0.1, -0.05) is 0 Å². The average molecular weight is 343 g/mol. The van der Waals surface area contributed by atoms with E-state index in [9.17, 15) is 0 Å². The first-order valence-corrected chi connectivity index (χ1v) is 7.97. The fourth-order valence-electron chi connectivity index (χ4n) is 3.74. The predicted octanol–water partition coefficient (Wildman–Crippen LogP) is 2.18. The van der Waals surface area contributed by atoms with Crippen LogP contribution in [0, 0.1) is 11.8 Å². The Morgan fingerprint density at radius 3 is 2.30 bits per heavy atom. The quantitative estimate of drug-likeness (QED) is 0.888. The summed E-state index contributed by atoms with van der Waals surface area (Å²) < 4.78 is 16.3. The fourth-order valence-corrected chi connectivity index (χ4v) is 3.74. The molecule has 0 radical (unpaired) electrons. The van der Waals surface area contributed by atoms with Crippen molar-refractivity contribution in [2.75, 3.05) is 47.5 Å². The highest BCUT2D eigenvalue weighted by atomic mass is 35.5. The molecule has 0 aromatic heterocycles. The van der Waals surface area contributed by atoms with Crippen molar-refractivity contribution in [2.45, 2.75) is 13.0 Å². The molecule has 2 unspecified atom stereocenters. The molecule has 1 N–H and O–H groups in total. The third-order valence-corrected chi connectivity index (χ3v) is 4.92. The molecule has 1 aromatic rings. The van der Waals surface area contributed by atoms with Crippen LogP contribution in [0.3, 0.4) is 0 Å². The Kier molecular flexibility index (Phi) is 6.39. The van der Waals surface area contributed by atoms with Crippen LogP contribution in [0.1, 0.15) is 12.0 Å². The topological polar surface area (TPSA) is 43.0 Å². The van der Waals surface area contributed by atoms with Crippen molar-refractivity contribution in [3.8, 4) is 17.2 Å². The Hall–Kier alpha value is -1.17. The second kappa shape index (κ2) is 8.08. The van der Waals surface area contributed by atoms with Crippen molar-refractivity contribution < 1.29 is 14.2 Å². The number of benzene rings is 1. The summed E-state index contributed by atoms with van der Waals surface area (Å²) in [6.45, 7) is 5.63. The summed E-state index contributed by atoms with van der Waals surface area (Å²) in [6.07, 6.45) is 1.29. The molecule has 0 spiro atoms. The number of methoxy groups -OCH3 is 3. The number of hydrogen-bond acceptors (Lipinski definition) is 5. The average Bonchev–Trinajstić information content (AvgIpc) is 3.01. The molecule has 0 aliphatic carbocycles. The lowest BCUT2D eigenvalue weighted by molar-refractivity contribution is 0.142. The van der Waals surface area contributed by atoms with Crippen molar-refractivity contribution in [3.63, 3.8) is 0 Å². The maximum absolute atomic E-state index is 5.44. The van der Waals surface area contributed by atoms with Crippen LogP contribution in [-0.2, 0) is 6.54 Å². The molecular weight excluding hydrogens is 316 g/mol. The maximum atomic E-state index is 5.44. The molecule has 0 amide bonds. The van der Waals surface area contributed by atoms with Crippen molar-refractivity contribution in [2.24, 2.45) is 11.8 Å². The van der Waals surface area contributed by atoms with Gasteiger partial charge >= 0.3 is 0 Å². The van der Waals surface area contributed by atoms with Gasteiger partial charge in [-0.15, -0.1) is 12.4 Å². The number of ether oxygens (including phenoxy) is 3. The SMILES string of the molecule is COc1cc(CN2CCC3CNCC3C2)cc(OC)c1OC.Cl. The molecule has 23 heavy (non-hydrogen) atoms. The molecule has 2 fully saturated rings. The number of nitrogens with one attached hydrogen (secondary N) is 1. The number of likely N-dealkylation sites (tertiary alicyclic amines) is 1. The minimum atomic E-state index is 0. The first kappa shape index (κ1) is 18.2. The van der Waals surface area contributed by atoms with Gasteiger partial charge in [0.05, 0.1) is 21.3 Å². The number of hydrogen-bond donors (Lipinski definition) is 1. The summed E-state index contributed by atoms with van der Waals surface area (Å²) in [5, 5.41) is 3.52. The van der Waals surface area contributed by atoms with Crippen LogP contribution in [0.5, 0.6) is 17.2 Å². The van der Waals surface area contributed by atoms with Crippen LogP contribution in [0.2, 0.25) is 0 Å². The van der Waals surface area contributed by atoms with Gasteiger partial charge in [0.25, 0.3) is 0 Å². The predicted molar refractivity (Wildman–Crippen MR) is 93.1 cm³/mol. The molecule has 6 heteroatoms. The van der Waals surface area contributed by atoms with Crippen LogP contribution >= 0.6 is 12.4 Å². The number of halogens is 1. The zero-order chi connectivity index (χ0) is 15.5. The van der Waals surface area contributed by atoms with E-state index in [1.54, 1.807) is 21.3 Å². The van der Waals surface area contributed by atoms with Gasteiger partial charge in [-0.2, -0.15) is 0 Å². The first-order valence-electron chi connectivity index (χ1n) is 7.97. The van der Waals surface area contributed by atoms with Crippen LogP contribution < -0.4 is 19.5 Å². The summed E-state index contributed by atoms with van der Waals surface area (Å²) in [5.74, 6) is 3.79. The smallest absolute Gasteiger partial charge is 0.203 e. The van der Waals surface area contributed by atoms with Crippen molar-refractivity contribution >= 4 is 12.4 Å². The third kappa shape index (κ3) is 3.84. The first-order chi connectivity index (χ1) is 10.7. The van der Waals surface area contributed by atoms with E-state index in [-0.39, 0.29) is 12.4 Å². The second-order valence-electron chi connectivity index (χ2n) is 6.24. The molecule has 2 aliphatic heterocycles. The zero-order valence-electron chi connectivity index (χ0n) is 14.1. The normalized spacial score (nSPS) is 23.8. The fraction of sp³-hybridized carbons (Fsp3) is 0.647. The van der Waals surface area contributed by atoms with E-state index in [0.29, 0.717) is 5.75 Å². The van der Waals surface area contributed by atoms with E-state index in [1.165, 1.54) is 31.6 Å². The van der Waals surface area contributed by atoms with Gasteiger partial charge in [-0.05, 0) is 55.6 Å². The lowest BCUT2D eigenvalue weighted by atomic mass is 9.88. The molecule has 0 bridgehead atoms. The Labute approximate surface area is 144 Å². The number of nitrogens with zero attached hydrogens (tertiary/aromatic N) is 1. The van der Waals surface area contributed by atoms with Crippen LogP contribution in [0.25, 0.3) is 0 Å². The van der Waals surface area contributed by atoms with Crippen molar-refractivity contribution in [1.82, 2.24) is 10.2 Å². The molecule has 130 valence electrons. The van der Waals surface area contributed by atoms with Crippen molar-refractivity contribution in [3.05, 3.63) is 17.7 Å². The lowest BCUT2D eigenvalue weighted by Gasteiger charge is -2.34. The van der Waals surface area contributed by atoms with Gasteiger partial charge in [0.15, 0.2) is 11.5 Å². The van der Waals surface area contributed by atoms with Gasteiger partial charge in [0.1, 0.15) is 0 Å². The van der Waals surface area contributed by atoms with E-state index >= 15 is 0 Å². The summed E-state index contributed by atoms with van der Waals surface area (Å²) in [4.78, 5) is 2.54. The molecule has 2 atom stereocenters. The summed E-state index contributed by atoms with van der Waals surface area (Å²) in [7, 11) is 4.96. The van der Waals surface area contributed by atoms with E-state index in [0.717, 1.165) is 36.4 Å². The van der Waals surface area contributed by atoms with Gasteiger partial charge in [-0.3, -0.25) is 4.90 Å². The van der Waals surface area contributed by atoms with Gasteiger partial charge in [0, 0.05) is 13.1 Å². The Morgan fingerprint density at radius 2 is 1.70 bits per heavy atom. The van der Waals surface area contributed by atoms with Gasteiger partial charge in [0.2, 0.25) is 5.75 Å². The zero-order valence-corrected chi connectivity index (χ0v) is 14.9. The summed E-state index contributed by atoms with van der Waals surface area (Å²) in [6, 6.07) is 4.11. The van der Waals surface area contributed by atoms with Gasteiger partial charge < -0.3 is 19.5 Å². The standard InChI is InChI=1S/C17H26N2O3.ClH/c1-20-15-6-12(7-16(21-2)17(15)22-3)10-19-5-4-13-8-18-9-14(13)11-19;/h6-7,13-14,18H,4-5,8-11H2,1-3H3;1H. The molecule has 5 nitrogen and oxygen atoms in total. The van der Waals surface area contributed by atoms with Crippen LogP contribution in [0.4, 0.5) is 0 Å². The van der Waals surface area contributed by atoms with Crippen LogP contribution in [-0.4, -0.2) is 52.4 Å². The molecule has 3 rings (SSSR count). The Balaban J connectivity index is 0.00000192. The molecule has 2 saturated heterocycles. The largest absolute Gasteiger partial charge is 0.493 e. The highest BCUT2D eigenvalue weighted by molar-refractivity contribution is 5.85. The van der Waals surface area contributed by atoms with Gasteiger partial charge in [-0.25, -0.2) is 0 Å².